The van der Waals surface area contributed by atoms with Crippen LogP contribution < -0.4 is 0 Å². The van der Waals surface area contributed by atoms with Crippen molar-refractivity contribution in [3.63, 3.8) is 0 Å². The molecule has 0 aliphatic heterocycles. The fourth-order valence-electron chi connectivity index (χ4n) is 1.60. The van der Waals surface area contributed by atoms with Crippen LogP contribution in [0.15, 0.2) is 22.7 Å². The smallest absolute Gasteiger partial charge is 0.323 e. The molecule has 0 bridgehead atoms. The summed E-state index contributed by atoms with van der Waals surface area (Å²) in [6.07, 6.45) is 0. The lowest BCUT2D eigenvalue weighted by molar-refractivity contribution is -0.138. The first-order valence-electron chi connectivity index (χ1n) is 5.62. The number of carbonyl (C=O) groups excluding carboxylic acids is 1. The van der Waals surface area contributed by atoms with Crippen molar-refractivity contribution in [2.75, 3.05) is 6.54 Å². The predicted octanol–water partition coefficient (Wildman–Crippen LogP) is 2.69. The molecule has 1 aromatic carbocycles. The monoisotopic (exact) mass is 313 g/mol. The fraction of sp³-hybridized carbons (Fsp3) is 0.385. The van der Waals surface area contributed by atoms with Crippen molar-refractivity contribution in [1.29, 1.82) is 0 Å². The van der Waals surface area contributed by atoms with E-state index in [1.807, 2.05) is 13.0 Å². The van der Waals surface area contributed by atoms with Gasteiger partial charge in [0.05, 0.1) is 5.56 Å². The van der Waals surface area contributed by atoms with Crippen LogP contribution >= 0.6 is 15.9 Å². The number of hydrogen-bond acceptors (Lipinski definition) is 2. The summed E-state index contributed by atoms with van der Waals surface area (Å²) in [7, 11) is 0. The molecule has 1 amide bonds. The summed E-state index contributed by atoms with van der Waals surface area (Å²) in [5.74, 6) is -1.29. The van der Waals surface area contributed by atoms with Crippen molar-refractivity contribution >= 4 is 27.8 Å². The van der Waals surface area contributed by atoms with Gasteiger partial charge in [-0.3, -0.25) is 9.59 Å². The highest BCUT2D eigenvalue weighted by Crippen LogP contribution is 2.23. The maximum Gasteiger partial charge on any atom is 0.323 e. The topological polar surface area (TPSA) is 57.6 Å². The predicted molar refractivity (Wildman–Crippen MR) is 72.7 cm³/mol. The van der Waals surface area contributed by atoms with Crippen LogP contribution in [0.25, 0.3) is 0 Å². The molecule has 0 aliphatic rings. The molecule has 0 aromatic heterocycles. The number of nitrogens with zero attached hydrogens (tertiary/aromatic N) is 1. The van der Waals surface area contributed by atoms with Crippen LogP contribution in [-0.2, 0) is 4.79 Å². The normalized spacial score (nSPS) is 10.5. The summed E-state index contributed by atoms with van der Waals surface area (Å²) in [5, 5.41) is 8.85. The summed E-state index contributed by atoms with van der Waals surface area (Å²) in [4.78, 5) is 24.5. The number of benzene rings is 1. The zero-order valence-corrected chi connectivity index (χ0v) is 12.2. The Morgan fingerprint density at radius 2 is 2.00 bits per heavy atom. The molecular formula is C13H16BrNO3. The molecule has 1 rings (SSSR count). The molecule has 1 aromatic rings. The van der Waals surface area contributed by atoms with Crippen LogP contribution in [0.5, 0.6) is 0 Å². The van der Waals surface area contributed by atoms with Gasteiger partial charge in [0, 0.05) is 10.5 Å². The second-order valence-corrected chi connectivity index (χ2v) is 5.15. The third kappa shape index (κ3) is 3.32. The van der Waals surface area contributed by atoms with Crippen LogP contribution in [0, 0.1) is 6.92 Å². The zero-order valence-electron chi connectivity index (χ0n) is 10.6. The van der Waals surface area contributed by atoms with Crippen LogP contribution in [0.2, 0.25) is 0 Å². The van der Waals surface area contributed by atoms with Crippen LogP contribution in [-0.4, -0.2) is 34.5 Å². The highest BCUT2D eigenvalue weighted by atomic mass is 79.9. The molecule has 1 N–H and O–H groups in total. The highest BCUT2D eigenvalue weighted by Gasteiger charge is 2.23. The van der Waals surface area contributed by atoms with Crippen LogP contribution in [0.3, 0.4) is 0 Å². The number of aliphatic carboxylic acids is 1. The minimum atomic E-state index is -1.01. The number of carbonyl (C=O) groups is 2. The summed E-state index contributed by atoms with van der Waals surface area (Å²) < 4.78 is 0.714. The van der Waals surface area contributed by atoms with E-state index >= 15 is 0 Å². The van der Waals surface area contributed by atoms with Gasteiger partial charge in [-0.25, -0.2) is 0 Å². The molecule has 5 heteroatoms. The summed E-state index contributed by atoms with van der Waals surface area (Å²) in [5.41, 5.74) is 1.44. The second-order valence-electron chi connectivity index (χ2n) is 4.36. The molecule has 0 fully saturated rings. The first-order valence-corrected chi connectivity index (χ1v) is 6.41. The second kappa shape index (κ2) is 6.00. The SMILES string of the molecule is Cc1cccc(C(=O)N(CC(=O)O)C(C)C)c1Br. The number of carboxylic acid groups (broad SMARTS) is 1. The lowest BCUT2D eigenvalue weighted by Gasteiger charge is -2.25. The third-order valence-corrected chi connectivity index (χ3v) is 3.66. The van der Waals surface area contributed by atoms with Gasteiger partial charge in [0.1, 0.15) is 6.54 Å². The average Bonchev–Trinajstić information content (AvgIpc) is 2.28. The van der Waals surface area contributed by atoms with Crippen molar-refractivity contribution in [2.24, 2.45) is 0 Å². The van der Waals surface area contributed by atoms with Crippen molar-refractivity contribution in [2.45, 2.75) is 26.8 Å². The summed E-state index contributed by atoms with van der Waals surface area (Å²) >= 11 is 3.37. The number of aryl methyl sites for hydroxylation is 1. The van der Waals surface area contributed by atoms with Crippen molar-refractivity contribution < 1.29 is 14.7 Å². The number of rotatable bonds is 4. The Hall–Kier alpha value is -1.36. The van der Waals surface area contributed by atoms with E-state index in [1.54, 1.807) is 26.0 Å². The molecule has 98 valence electrons. The molecule has 0 spiro atoms. The van der Waals surface area contributed by atoms with Gasteiger partial charge in [0.2, 0.25) is 0 Å². The van der Waals surface area contributed by atoms with E-state index in [-0.39, 0.29) is 18.5 Å². The Labute approximate surface area is 115 Å². The number of halogens is 1. The first-order chi connectivity index (χ1) is 8.34. The Balaban J connectivity index is 3.10. The maximum absolute atomic E-state index is 12.3. The van der Waals surface area contributed by atoms with Crippen LogP contribution in [0.1, 0.15) is 29.8 Å². The lowest BCUT2D eigenvalue weighted by atomic mass is 10.1. The Morgan fingerprint density at radius 3 is 2.50 bits per heavy atom. The average molecular weight is 314 g/mol. The van der Waals surface area contributed by atoms with Crippen molar-refractivity contribution in [3.8, 4) is 0 Å². The Kier molecular flexibility index (Phi) is 4.90. The highest BCUT2D eigenvalue weighted by molar-refractivity contribution is 9.10. The minimum Gasteiger partial charge on any atom is -0.480 e. The molecule has 18 heavy (non-hydrogen) atoms. The van der Waals surface area contributed by atoms with Gasteiger partial charge in [-0.1, -0.05) is 12.1 Å². The summed E-state index contributed by atoms with van der Waals surface area (Å²) in [6.45, 7) is 5.18. The Bertz CT molecular complexity index is 471. The molecule has 0 heterocycles. The third-order valence-electron chi connectivity index (χ3n) is 2.61. The van der Waals surface area contributed by atoms with E-state index in [0.29, 0.717) is 10.0 Å². The number of hydrogen-bond donors (Lipinski definition) is 1. The van der Waals surface area contributed by atoms with E-state index in [1.165, 1.54) is 4.90 Å². The van der Waals surface area contributed by atoms with E-state index in [0.717, 1.165) is 5.56 Å². The van der Waals surface area contributed by atoms with E-state index in [4.69, 9.17) is 5.11 Å². The first kappa shape index (κ1) is 14.7. The van der Waals surface area contributed by atoms with Crippen molar-refractivity contribution in [3.05, 3.63) is 33.8 Å². The molecule has 4 nitrogen and oxygen atoms in total. The Morgan fingerprint density at radius 1 is 1.39 bits per heavy atom. The largest absolute Gasteiger partial charge is 0.480 e. The van der Waals surface area contributed by atoms with Gasteiger partial charge in [-0.2, -0.15) is 0 Å². The number of carboxylic acids is 1. The molecule has 0 saturated carbocycles. The number of amides is 1. The van der Waals surface area contributed by atoms with E-state index in [2.05, 4.69) is 15.9 Å². The maximum atomic E-state index is 12.3. The quantitative estimate of drug-likeness (QED) is 0.929. The van der Waals surface area contributed by atoms with Gasteiger partial charge in [-0.05, 0) is 48.3 Å². The molecular weight excluding hydrogens is 298 g/mol. The van der Waals surface area contributed by atoms with Gasteiger partial charge < -0.3 is 10.0 Å². The van der Waals surface area contributed by atoms with Gasteiger partial charge in [0.25, 0.3) is 5.91 Å². The van der Waals surface area contributed by atoms with E-state index < -0.39 is 5.97 Å². The van der Waals surface area contributed by atoms with Crippen LogP contribution in [0.4, 0.5) is 0 Å². The zero-order chi connectivity index (χ0) is 13.9. The molecule has 0 radical (unpaired) electrons. The van der Waals surface area contributed by atoms with Gasteiger partial charge >= 0.3 is 5.97 Å². The minimum absolute atomic E-state index is 0.166. The summed E-state index contributed by atoms with van der Waals surface area (Å²) in [6, 6.07) is 5.20. The molecule has 0 saturated heterocycles. The molecule has 0 unspecified atom stereocenters. The van der Waals surface area contributed by atoms with E-state index in [9.17, 15) is 9.59 Å². The van der Waals surface area contributed by atoms with Gasteiger partial charge in [0.15, 0.2) is 0 Å². The lowest BCUT2D eigenvalue weighted by Crippen LogP contribution is -2.40. The fourth-order valence-corrected chi connectivity index (χ4v) is 2.04. The van der Waals surface area contributed by atoms with Crippen molar-refractivity contribution in [1.82, 2.24) is 4.90 Å². The standard InChI is InChI=1S/C13H16BrNO3/c1-8(2)15(7-11(16)17)13(18)10-6-4-5-9(3)12(10)14/h4-6,8H,7H2,1-3H3,(H,16,17). The molecule has 0 atom stereocenters. The molecule has 0 aliphatic carbocycles. The van der Waals surface area contributed by atoms with Gasteiger partial charge in [-0.15, -0.1) is 0 Å².